The molecule has 5 nitrogen and oxygen atoms in total. The van der Waals surface area contributed by atoms with E-state index in [1.165, 1.54) is 11.3 Å². The number of esters is 1. The number of hydrogen-bond donors (Lipinski definition) is 0. The van der Waals surface area contributed by atoms with E-state index in [1.807, 2.05) is 79.7 Å². The fourth-order valence-electron chi connectivity index (χ4n) is 4.39. The van der Waals surface area contributed by atoms with E-state index in [9.17, 15) is 9.59 Å². The molecule has 1 atom stereocenters. The molecule has 170 valence electrons. The van der Waals surface area contributed by atoms with Crippen molar-refractivity contribution >= 4 is 34.2 Å². The van der Waals surface area contributed by atoms with Gasteiger partial charge < -0.3 is 4.74 Å². The third kappa shape index (κ3) is 3.80. The van der Waals surface area contributed by atoms with Crippen molar-refractivity contribution in [1.82, 2.24) is 4.57 Å². The van der Waals surface area contributed by atoms with Crippen LogP contribution in [0.2, 0.25) is 0 Å². The molecular formula is C28H24N2O3S. The molecule has 1 aliphatic heterocycles. The van der Waals surface area contributed by atoms with Crippen LogP contribution in [0.5, 0.6) is 0 Å². The average molecular weight is 469 g/mol. The van der Waals surface area contributed by atoms with Crippen molar-refractivity contribution in [1.29, 1.82) is 0 Å². The lowest BCUT2D eigenvalue weighted by Gasteiger charge is -2.25. The smallest absolute Gasteiger partial charge is 0.338 e. The highest BCUT2D eigenvalue weighted by atomic mass is 32.1. The van der Waals surface area contributed by atoms with Crippen LogP contribution in [-0.4, -0.2) is 17.1 Å². The molecule has 1 aromatic heterocycles. The van der Waals surface area contributed by atoms with E-state index in [1.54, 1.807) is 18.4 Å². The molecule has 0 saturated carbocycles. The molecule has 5 rings (SSSR count). The number of aromatic nitrogens is 1. The molecule has 0 fully saturated rings. The summed E-state index contributed by atoms with van der Waals surface area (Å²) in [5.74, 6) is -0.450. The molecule has 0 aliphatic carbocycles. The third-order valence-electron chi connectivity index (χ3n) is 6.01. The summed E-state index contributed by atoms with van der Waals surface area (Å²) in [6, 6.07) is 21.3. The highest BCUT2D eigenvalue weighted by Crippen LogP contribution is 2.34. The van der Waals surface area contributed by atoms with E-state index >= 15 is 0 Å². The lowest BCUT2D eigenvalue weighted by molar-refractivity contribution is -0.139. The molecular weight excluding hydrogens is 444 g/mol. The zero-order valence-corrected chi connectivity index (χ0v) is 20.1. The van der Waals surface area contributed by atoms with Crippen LogP contribution < -0.4 is 14.9 Å². The minimum absolute atomic E-state index is 0.170. The summed E-state index contributed by atoms with van der Waals surface area (Å²) in [5.41, 5.74) is 3.77. The monoisotopic (exact) mass is 468 g/mol. The first kappa shape index (κ1) is 22.0. The minimum atomic E-state index is -0.624. The van der Waals surface area contributed by atoms with Gasteiger partial charge in [-0.3, -0.25) is 9.36 Å². The second-order valence-corrected chi connectivity index (χ2v) is 9.29. The zero-order valence-electron chi connectivity index (χ0n) is 19.2. The molecule has 0 unspecified atom stereocenters. The van der Waals surface area contributed by atoms with Gasteiger partial charge >= 0.3 is 5.97 Å². The van der Waals surface area contributed by atoms with Gasteiger partial charge in [0, 0.05) is 0 Å². The van der Waals surface area contributed by atoms with Gasteiger partial charge in [-0.2, -0.15) is 0 Å². The first-order valence-corrected chi connectivity index (χ1v) is 12.0. The Morgan fingerprint density at radius 3 is 2.56 bits per heavy atom. The summed E-state index contributed by atoms with van der Waals surface area (Å²) in [4.78, 5) is 32.1. The normalized spacial score (nSPS) is 15.9. The zero-order chi connectivity index (χ0) is 23.8. The van der Waals surface area contributed by atoms with E-state index in [4.69, 9.17) is 4.74 Å². The quantitative estimate of drug-likeness (QED) is 0.421. The van der Waals surface area contributed by atoms with Crippen molar-refractivity contribution in [2.45, 2.75) is 26.8 Å². The van der Waals surface area contributed by atoms with Crippen LogP contribution in [0, 0.1) is 6.92 Å². The standard InChI is InChI=1S/C28H24N2O3S/c1-4-33-27(32)24-18(3)29-28-30(25(24)22-11-7-9-20-8-5-6-10-21(20)22)26(31)23(34-28)16-19-14-12-17(2)13-15-19/h5-16,25H,4H2,1-3H3/b23-16-/t25-/m1/s1. The fourth-order valence-corrected chi connectivity index (χ4v) is 5.44. The summed E-state index contributed by atoms with van der Waals surface area (Å²) in [6.45, 7) is 5.86. The molecule has 0 saturated heterocycles. The van der Waals surface area contributed by atoms with E-state index in [-0.39, 0.29) is 12.2 Å². The number of hydrogen-bond acceptors (Lipinski definition) is 5. The summed E-state index contributed by atoms with van der Waals surface area (Å²) in [5, 5.41) is 2.03. The number of ether oxygens (including phenoxy) is 1. The molecule has 2 heterocycles. The molecule has 0 bridgehead atoms. The number of thiazole rings is 1. The Balaban J connectivity index is 1.80. The topological polar surface area (TPSA) is 60.7 Å². The first-order chi connectivity index (χ1) is 16.5. The SMILES string of the molecule is CCOC(=O)C1=C(C)N=c2s/c(=C\c3ccc(C)cc3)c(=O)n2[C@@H]1c1cccc2ccccc12. The highest BCUT2D eigenvalue weighted by Gasteiger charge is 2.34. The summed E-state index contributed by atoms with van der Waals surface area (Å²) >= 11 is 1.34. The lowest BCUT2D eigenvalue weighted by atomic mass is 9.91. The van der Waals surface area contributed by atoms with E-state index in [0.717, 1.165) is 27.5 Å². The number of fused-ring (bicyclic) bond motifs is 2. The van der Waals surface area contributed by atoms with Gasteiger partial charge in [-0.1, -0.05) is 83.6 Å². The van der Waals surface area contributed by atoms with Gasteiger partial charge in [-0.25, -0.2) is 9.79 Å². The Hall–Kier alpha value is -3.77. The fraction of sp³-hybridized carbons (Fsp3) is 0.179. The number of rotatable bonds is 4. The Labute approximate surface area is 201 Å². The van der Waals surface area contributed by atoms with E-state index in [2.05, 4.69) is 4.99 Å². The number of carbonyl (C=O) groups is 1. The van der Waals surface area contributed by atoms with Gasteiger partial charge in [0.2, 0.25) is 0 Å². The van der Waals surface area contributed by atoms with Crippen LogP contribution >= 0.6 is 11.3 Å². The second kappa shape index (κ2) is 8.88. The van der Waals surface area contributed by atoms with Gasteiger partial charge in [0.1, 0.15) is 0 Å². The highest BCUT2D eigenvalue weighted by molar-refractivity contribution is 7.07. The summed E-state index contributed by atoms with van der Waals surface area (Å²) < 4.78 is 7.63. The van der Waals surface area contributed by atoms with Crippen molar-refractivity contribution in [3.05, 3.63) is 114 Å². The van der Waals surface area contributed by atoms with E-state index in [0.29, 0.717) is 20.6 Å². The Morgan fingerprint density at radius 2 is 1.79 bits per heavy atom. The summed E-state index contributed by atoms with van der Waals surface area (Å²) in [6.07, 6.45) is 1.88. The van der Waals surface area contributed by atoms with Crippen molar-refractivity contribution in [3.8, 4) is 0 Å². The van der Waals surface area contributed by atoms with Gasteiger partial charge in [0.05, 0.1) is 28.5 Å². The molecule has 0 spiro atoms. The van der Waals surface area contributed by atoms with Crippen molar-refractivity contribution in [2.75, 3.05) is 6.61 Å². The van der Waals surface area contributed by atoms with Crippen LogP contribution in [0.3, 0.4) is 0 Å². The van der Waals surface area contributed by atoms with Crippen LogP contribution in [0.1, 0.15) is 36.6 Å². The van der Waals surface area contributed by atoms with Crippen LogP contribution in [0.25, 0.3) is 16.8 Å². The average Bonchev–Trinajstić information content (AvgIpc) is 3.13. The molecule has 6 heteroatoms. The predicted molar refractivity (Wildman–Crippen MR) is 136 cm³/mol. The summed E-state index contributed by atoms with van der Waals surface area (Å²) in [7, 11) is 0. The maximum Gasteiger partial charge on any atom is 0.338 e. The van der Waals surface area contributed by atoms with Gasteiger partial charge in [0.25, 0.3) is 5.56 Å². The minimum Gasteiger partial charge on any atom is -0.463 e. The number of carbonyl (C=O) groups excluding carboxylic acids is 1. The Kier molecular flexibility index (Phi) is 5.75. The number of allylic oxidation sites excluding steroid dienone is 1. The van der Waals surface area contributed by atoms with Gasteiger partial charge in [-0.05, 0) is 48.7 Å². The maximum atomic E-state index is 13.7. The van der Waals surface area contributed by atoms with Gasteiger partial charge in [-0.15, -0.1) is 0 Å². The number of benzene rings is 3. The van der Waals surface area contributed by atoms with Crippen LogP contribution in [-0.2, 0) is 9.53 Å². The molecule has 0 N–H and O–H groups in total. The van der Waals surface area contributed by atoms with Crippen molar-refractivity contribution in [2.24, 2.45) is 4.99 Å². The lowest BCUT2D eigenvalue weighted by Crippen LogP contribution is -2.40. The predicted octanol–water partition coefficient (Wildman–Crippen LogP) is 4.26. The van der Waals surface area contributed by atoms with Gasteiger partial charge in [0.15, 0.2) is 4.80 Å². The van der Waals surface area contributed by atoms with E-state index < -0.39 is 12.0 Å². The van der Waals surface area contributed by atoms with Crippen LogP contribution in [0.15, 0.2) is 87.8 Å². The van der Waals surface area contributed by atoms with Crippen molar-refractivity contribution in [3.63, 3.8) is 0 Å². The molecule has 4 aromatic rings. The molecule has 34 heavy (non-hydrogen) atoms. The van der Waals surface area contributed by atoms with Crippen molar-refractivity contribution < 1.29 is 9.53 Å². The first-order valence-electron chi connectivity index (χ1n) is 11.2. The van der Waals surface area contributed by atoms with Crippen LogP contribution in [0.4, 0.5) is 0 Å². The Morgan fingerprint density at radius 1 is 1.06 bits per heavy atom. The number of aryl methyl sites for hydroxylation is 1. The molecule has 3 aromatic carbocycles. The second-order valence-electron chi connectivity index (χ2n) is 8.28. The third-order valence-corrected chi connectivity index (χ3v) is 6.99. The largest absolute Gasteiger partial charge is 0.463 e. The maximum absolute atomic E-state index is 13.7. The molecule has 1 aliphatic rings. The number of nitrogens with zero attached hydrogens (tertiary/aromatic N) is 2. The molecule has 0 amide bonds. The Bertz CT molecular complexity index is 1620. The molecule has 0 radical (unpaired) electrons.